The summed E-state index contributed by atoms with van der Waals surface area (Å²) in [6.07, 6.45) is 0. The second-order valence-electron chi connectivity index (χ2n) is 4.89. The summed E-state index contributed by atoms with van der Waals surface area (Å²) in [6, 6.07) is 6.41. The lowest BCUT2D eigenvalue weighted by Gasteiger charge is -2.32. The fraction of sp³-hybridized carbons (Fsp3) is 0.625. The molecule has 0 radical (unpaired) electrons. The lowest BCUT2D eigenvalue weighted by molar-refractivity contribution is 0.147. The molecule has 0 unspecified atom stereocenters. The summed E-state index contributed by atoms with van der Waals surface area (Å²) in [6.45, 7) is 11.7. The number of rotatable bonds is 3. The van der Waals surface area contributed by atoms with Crippen LogP contribution < -0.4 is 4.74 Å². The van der Waals surface area contributed by atoms with Crippen molar-refractivity contribution in [2.45, 2.75) is 27.3 Å². The highest BCUT2D eigenvalue weighted by Crippen LogP contribution is 2.21. The van der Waals surface area contributed by atoms with Gasteiger partial charge in [0.1, 0.15) is 5.75 Å². The van der Waals surface area contributed by atoms with E-state index in [1.807, 2.05) is 13.8 Å². The fourth-order valence-corrected chi connectivity index (χ4v) is 2.28. The van der Waals surface area contributed by atoms with Crippen molar-refractivity contribution in [3.05, 3.63) is 29.3 Å². The summed E-state index contributed by atoms with van der Waals surface area (Å²) in [7, 11) is 3.93. The van der Waals surface area contributed by atoms with Crippen LogP contribution in [0, 0.1) is 6.92 Å². The molecule has 19 heavy (non-hydrogen) atoms. The third kappa shape index (κ3) is 4.84. The van der Waals surface area contributed by atoms with Crippen LogP contribution in [0.3, 0.4) is 0 Å². The van der Waals surface area contributed by atoms with Gasteiger partial charge in [-0.05, 0) is 20.0 Å². The van der Waals surface area contributed by atoms with Gasteiger partial charge in [-0.25, -0.2) is 0 Å². The average molecular weight is 264 g/mol. The number of ether oxygens (including phenoxy) is 1. The number of benzene rings is 1. The van der Waals surface area contributed by atoms with Crippen molar-refractivity contribution < 1.29 is 4.74 Å². The Hall–Kier alpha value is -1.06. The van der Waals surface area contributed by atoms with Gasteiger partial charge < -0.3 is 9.64 Å². The molecular formula is C16H28N2O. The van der Waals surface area contributed by atoms with E-state index < -0.39 is 0 Å². The summed E-state index contributed by atoms with van der Waals surface area (Å²) < 4.78 is 5.43. The summed E-state index contributed by atoms with van der Waals surface area (Å²) in [5, 5.41) is 0. The highest BCUT2D eigenvalue weighted by atomic mass is 16.5. The summed E-state index contributed by atoms with van der Waals surface area (Å²) >= 11 is 0. The number of methoxy groups -OCH3 is 1. The van der Waals surface area contributed by atoms with Crippen LogP contribution in [-0.2, 0) is 6.54 Å². The minimum absolute atomic E-state index is 0.999. The third-order valence-electron chi connectivity index (χ3n) is 3.43. The predicted octanol–water partition coefficient (Wildman–Crippen LogP) is 2.78. The minimum atomic E-state index is 0.999. The van der Waals surface area contributed by atoms with Gasteiger partial charge >= 0.3 is 0 Å². The van der Waals surface area contributed by atoms with Crippen molar-refractivity contribution in [1.82, 2.24) is 9.80 Å². The van der Waals surface area contributed by atoms with Gasteiger partial charge in [0.2, 0.25) is 0 Å². The molecule has 1 heterocycles. The molecule has 1 saturated heterocycles. The molecule has 1 fully saturated rings. The molecule has 0 bridgehead atoms. The van der Waals surface area contributed by atoms with Crippen LogP contribution in [0.15, 0.2) is 18.2 Å². The van der Waals surface area contributed by atoms with Gasteiger partial charge in [-0.1, -0.05) is 31.5 Å². The van der Waals surface area contributed by atoms with E-state index in [1.165, 1.54) is 11.1 Å². The number of aryl methyl sites for hydroxylation is 1. The van der Waals surface area contributed by atoms with Crippen LogP contribution in [0.1, 0.15) is 25.0 Å². The first-order chi connectivity index (χ1) is 9.19. The first-order valence-corrected chi connectivity index (χ1v) is 7.23. The maximum absolute atomic E-state index is 5.43. The molecule has 0 aliphatic carbocycles. The second kappa shape index (κ2) is 8.18. The Balaban J connectivity index is 0.000000861. The van der Waals surface area contributed by atoms with E-state index >= 15 is 0 Å². The normalized spacial score (nSPS) is 16.7. The zero-order chi connectivity index (χ0) is 14.3. The number of hydrogen-bond acceptors (Lipinski definition) is 3. The first kappa shape index (κ1) is 16.0. The lowest BCUT2D eigenvalue weighted by atomic mass is 10.1. The van der Waals surface area contributed by atoms with Gasteiger partial charge in [0.05, 0.1) is 7.11 Å². The smallest absolute Gasteiger partial charge is 0.123 e. The van der Waals surface area contributed by atoms with Gasteiger partial charge in [-0.2, -0.15) is 0 Å². The van der Waals surface area contributed by atoms with Gasteiger partial charge in [-0.3, -0.25) is 4.90 Å². The molecule has 0 aromatic heterocycles. The molecule has 0 saturated carbocycles. The monoisotopic (exact) mass is 264 g/mol. The Labute approximate surface area is 118 Å². The van der Waals surface area contributed by atoms with Gasteiger partial charge in [0, 0.05) is 38.3 Å². The van der Waals surface area contributed by atoms with E-state index in [1.54, 1.807) is 7.11 Å². The predicted molar refractivity (Wildman–Crippen MR) is 81.9 cm³/mol. The first-order valence-electron chi connectivity index (χ1n) is 7.23. The van der Waals surface area contributed by atoms with E-state index in [9.17, 15) is 0 Å². The van der Waals surface area contributed by atoms with Crippen molar-refractivity contribution in [2.24, 2.45) is 0 Å². The maximum Gasteiger partial charge on any atom is 0.123 e. The van der Waals surface area contributed by atoms with Crippen molar-refractivity contribution >= 4 is 0 Å². The maximum atomic E-state index is 5.43. The Kier molecular flexibility index (Phi) is 6.89. The SMILES string of the molecule is CC.COc1ccc(C)cc1CN1CCN(C)CC1. The van der Waals surface area contributed by atoms with Crippen LogP contribution in [-0.4, -0.2) is 50.1 Å². The zero-order valence-corrected chi connectivity index (χ0v) is 13.1. The lowest BCUT2D eigenvalue weighted by Crippen LogP contribution is -2.43. The molecule has 0 amide bonds. The molecule has 1 aliphatic rings. The Morgan fingerprint density at radius 1 is 1.11 bits per heavy atom. The van der Waals surface area contributed by atoms with Crippen LogP contribution in [0.5, 0.6) is 5.75 Å². The largest absolute Gasteiger partial charge is 0.496 e. The van der Waals surface area contributed by atoms with E-state index in [0.717, 1.165) is 38.5 Å². The molecule has 2 rings (SSSR count). The summed E-state index contributed by atoms with van der Waals surface area (Å²) in [5.41, 5.74) is 2.60. The van der Waals surface area contributed by atoms with Crippen LogP contribution in [0.2, 0.25) is 0 Å². The van der Waals surface area contributed by atoms with E-state index in [2.05, 4.69) is 42.0 Å². The zero-order valence-electron chi connectivity index (χ0n) is 13.1. The molecule has 0 N–H and O–H groups in total. The topological polar surface area (TPSA) is 15.7 Å². The van der Waals surface area contributed by atoms with Gasteiger partial charge in [-0.15, -0.1) is 0 Å². The number of likely N-dealkylation sites (N-methyl/N-ethyl adjacent to an activating group) is 1. The quantitative estimate of drug-likeness (QED) is 0.835. The molecule has 1 aromatic rings. The molecule has 3 nitrogen and oxygen atoms in total. The van der Waals surface area contributed by atoms with Crippen molar-refractivity contribution in [3.63, 3.8) is 0 Å². The van der Waals surface area contributed by atoms with Crippen molar-refractivity contribution in [2.75, 3.05) is 40.3 Å². The second-order valence-corrected chi connectivity index (χ2v) is 4.89. The number of hydrogen-bond donors (Lipinski definition) is 0. The van der Waals surface area contributed by atoms with Crippen molar-refractivity contribution in [3.8, 4) is 5.75 Å². The highest BCUT2D eigenvalue weighted by molar-refractivity contribution is 5.36. The standard InChI is InChI=1S/C14H22N2O.C2H6/c1-12-4-5-14(17-3)13(10-12)11-16-8-6-15(2)7-9-16;1-2/h4-5,10H,6-9,11H2,1-3H3;1-2H3. The van der Waals surface area contributed by atoms with Crippen molar-refractivity contribution in [1.29, 1.82) is 0 Å². The molecule has 3 heteroatoms. The Morgan fingerprint density at radius 2 is 1.74 bits per heavy atom. The molecule has 0 spiro atoms. The van der Waals surface area contributed by atoms with Crippen LogP contribution in [0.4, 0.5) is 0 Å². The van der Waals surface area contributed by atoms with Gasteiger partial charge in [0.15, 0.2) is 0 Å². The Bertz CT molecular complexity index is 371. The number of nitrogens with zero attached hydrogens (tertiary/aromatic N) is 2. The summed E-state index contributed by atoms with van der Waals surface area (Å²) in [5.74, 6) is 1.01. The summed E-state index contributed by atoms with van der Waals surface area (Å²) in [4.78, 5) is 4.88. The molecule has 1 aliphatic heterocycles. The third-order valence-corrected chi connectivity index (χ3v) is 3.43. The van der Waals surface area contributed by atoms with E-state index in [4.69, 9.17) is 4.74 Å². The van der Waals surface area contributed by atoms with E-state index in [-0.39, 0.29) is 0 Å². The average Bonchev–Trinajstić information content (AvgIpc) is 2.44. The number of piperazine rings is 1. The molecule has 1 aromatic carbocycles. The highest BCUT2D eigenvalue weighted by Gasteiger charge is 2.15. The molecular weight excluding hydrogens is 236 g/mol. The molecule has 108 valence electrons. The Morgan fingerprint density at radius 3 is 2.32 bits per heavy atom. The van der Waals surface area contributed by atoms with Crippen LogP contribution >= 0.6 is 0 Å². The van der Waals surface area contributed by atoms with Gasteiger partial charge in [0.25, 0.3) is 0 Å². The van der Waals surface area contributed by atoms with E-state index in [0.29, 0.717) is 0 Å². The molecule has 0 atom stereocenters. The fourth-order valence-electron chi connectivity index (χ4n) is 2.28. The van der Waals surface area contributed by atoms with Crippen LogP contribution in [0.25, 0.3) is 0 Å². The minimum Gasteiger partial charge on any atom is -0.496 e.